The summed E-state index contributed by atoms with van der Waals surface area (Å²) in [6.07, 6.45) is 0. The number of hydrogen-bond donors (Lipinski definition) is 1. The molecule has 2 nitrogen and oxygen atoms in total. The number of benzene rings is 1. The number of ketones is 1. The van der Waals surface area contributed by atoms with E-state index < -0.39 is 5.82 Å². The number of nitrogens with two attached hydrogens (primary N) is 1. The van der Waals surface area contributed by atoms with Crippen LogP contribution < -0.4 is 5.73 Å². The summed E-state index contributed by atoms with van der Waals surface area (Å²) in [4.78, 5) is 11.9. The second kappa shape index (κ2) is 4.50. The van der Waals surface area contributed by atoms with Gasteiger partial charge in [0.2, 0.25) is 0 Å². The van der Waals surface area contributed by atoms with Crippen LogP contribution in [0, 0.1) is 8.70 Å². The lowest BCUT2D eigenvalue weighted by atomic mass is 10.1. The van der Waals surface area contributed by atoms with E-state index in [-0.39, 0.29) is 11.5 Å². The minimum absolute atomic E-state index is 0.0523. The zero-order chi connectivity index (χ0) is 11.7. The molecule has 16 heavy (non-hydrogen) atoms. The summed E-state index contributed by atoms with van der Waals surface area (Å²) < 4.78 is 14.2. The Labute approximate surface area is 109 Å². The third-order valence-corrected chi connectivity index (χ3v) is 3.88. The largest absolute Gasteiger partial charge is 0.396 e. The van der Waals surface area contributed by atoms with Gasteiger partial charge in [-0.2, -0.15) is 0 Å². The van der Waals surface area contributed by atoms with Gasteiger partial charge in [-0.05, 0) is 46.9 Å². The van der Waals surface area contributed by atoms with Crippen LogP contribution in [0.3, 0.4) is 0 Å². The monoisotopic (exact) mass is 347 g/mol. The Balaban J connectivity index is 2.38. The molecule has 5 heteroatoms. The maximum absolute atomic E-state index is 13.2. The van der Waals surface area contributed by atoms with Gasteiger partial charge in [-0.25, -0.2) is 4.39 Å². The fraction of sp³-hybridized carbons (Fsp3) is 0. The van der Waals surface area contributed by atoms with E-state index in [0.29, 0.717) is 11.1 Å². The summed E-state index contributed by atoms with van der Waals surface area (Å²) in [6, 6.07) is 5.88. The predicted octanol–water partition coefficient (Wildman–Crippen LogP) is 3.31. The average Bonchev–Trinajstić information content (AvgIpc) is 2.68. The van der Waals surface area contributed by atoms with E-state index in [4.69, 9.17) is 5.73 Å². The first kappa shape index (κ1) is 11.5. The minimum Gasteiger partial charge on any atom is -0.396 e. The molecule has 0 aliphatic carbocycles. The number of halogens is 2. The Kier molecular flexibility index (Phi) is 3.25. The van der Waals surface area contributed by atoms with Crippen molar-refractivity contribution in [2.75, 3.05) is 5.73 Å². The molecule has 0 saturated carbocycles. The van der Waals surface area contributed by atoms with E-state index in [1.807, 2.05) is 0 Å². The molecule has 2 N–H and O–H groups in total. The molecule has 0 unspecified atom stereocenters. The number of carbonyl (C=O) groups excluding carboxylic acids is 1. The normalized spacial score (nSPS) is 10.4. The Bertz CT molecular complexity index is 553. The van der Waals surface area contributed by atoms with E-state index in [0.717, 1.165) is 2.88 Å². The summed E-state index contributed by atoms with van der Waals surface area (Å²) in [7, 11) is 0. The first-order chi connectivity index (χ1) is 7.58. The van der Waals surface area contributed by atoms with Crippen molar-refractivity contribution in [3.63, 3.8) is 0 Å². The quantitative estimate of drug-likeness (QED) is 0.515. The lowest BCUT2D eigenvalue weighted by Gasteiger charge is -2.00. The highest BCUT2D eigenvalue weighted by Crippen LogP contribution is 2.21. The highest BCUT2D eigenvalue weighted by Gasteiger charge is 2.12. The molecule has 2 rings (SSSR count). The van der Waals surface area contributed by atoms with Crippen LogP contribution in [-0.2, 0) is 0 Å². The SMILES string of the molecule is Nc1ccc(C(=O)c2csc(I)c2)cc1F. The lowest BCUT2D eigenvalue weighted by molar-refractivity contribution is 0.103. The molecular formula is C11H7FINOS. The van der Waals surface area contributed by atoms with Crippen molar-refractivity contribution < 1.29 is 9.18 Å². The molecule has 0 spiro atoms. The summed E-state index contributed by atoms with van der Waals surface area (Å²) in [5.74, 6) is -0.742. The maximum atomic E-state index is 13.2. The molecule has 0 aliphatic heterocycles. The van der Waals surface area contributed by atoms with Crippen molar-refractivity contribution in [2.24, 2.45) is 0 Å². The Morgan fingerprint density at radius 2 is 2.06 bits per heavy atom. The van der Waals surface area contributed by atoms with E-state index in [9.17, 15) is 9.18 Å². The van der Waals surface area contributed by atoms with Gasteiger partial charge in [-0.1, -0.05) is 0 Å². The summed E-state index contributed by atoms with van der Waals surface area (Å²) in [6.45, 7) is 0. The molecule has 82 valence electrons. The zero-order valence-electron chi connectivity index (χ0n) is 8.04. The molecule has 1 aromatic carbocycles. The number of nitrogen functional groups attached to an aromatic ring is 1. The highest BCUT2D eigenvalue weighted by molar-refractivity contribution is 14.1. The van der Waals surface area contributed by atoms with Crippen molar-refractivity contribution in [1.29, 1.82) is 0 Å². The molecule has 0 radical (unpaired) electrons. The van der Waals surface area contributed by atoms with Crippen molar-refractivity contribution in [3.8, 4) is 0 Å². The van der Waals surface area contributed by atoms with Gasteiger partial charge in [-0.15, -0.1) is 11.3 Å². The fourth-order valence-corrected chi connectivity index (χ4v) is 2.59. The molecule has 0 amide bonds. The molecule has 1 aromatic heterocycles. The van der Waals surface area contributed by atoms with E-state index in [1.54, 1.807) is 11.4 Å². The minimum atomic E-state index is -0.559. The average molecular weight is 347 g/mol. The van der Waals surface area contributed by atoms with Crippen LogP contribution in [0.1, 0.15) is 15.9 Å². The van der Waals surface area contributed by atoms with Crippen LogP contribution in [-0.4, -0.2) is 5.78 Å². The van der Waals surface area contributed by atoms with Gasteiger partial charge in [0, 0.05) is 16.5 Å². The van der Waals surface area contributed by atoms with E-state index >= 15 is 0 Å². The van der Waals surface area contributed by atoms with Gasteiger partial charge in [0.05, 0.1) is 8.57 Å². The first-order valence-corrected chi connectivity index (χ1v) is 6.37. The van der Waals surface area contributed by atoms with Crippen molar-refractivity contribution in [1.82, 2.24) is 0 Å². The smallest absolute Gasteiger partial charge is 0.194 e. The molecule has 2 aromatic rings. The summed E-state index contributed by atoms with van der Waals surface area (Å²) in [5.41, 5.74) is 6.30. The van der Waals surface area contributed by atoms with Gasteiger partial charge in [-0.3, -0.25) is 4.79 Å². The summed E-state index contributed by atoms with van der Waals surface area (Å²) in [5, 5.41) is 1.76. The predicted molar refractivity (Wildman–Crippen MR) is 71.3 cm³/mol. The molecular weight excluding hydrogens is 340 g/mol. The van der Waals surface area contributed by atoms with Gasteiger partial charge >= 0.3 is 0 Å². The topological polar surface area (TPSA) is 43.1 Å². The number of anilines is 1. The second-order valence-electron chi connectivity index (χ2n) is 3.20. The van der Waals surface area contributed by atoms with Crippen molar-refractivity contribution in [3.05, 3.63) is 49.5 Å². The van der Waals surface area contributed by atoms with Crippen molar-refractivity contribution in [2.45, 2.75) is 0 Å². The van der Waals surface area contributed by atoms with Crippen LogP contribution >= 0.6 is 33.9 Å². The Hall–Kier alpha value is -0.950. The van der Waals surface area contributed by atoms with Gasteiger partial charge < -0.3 is 5.73 Å². The van der Waals surface area contributed by atoms with Crippen LogP contribution in [0.2, 0.25) is 0 Å². The molecule has 0 saturated heterocycles. The standard InChI is InChI=1S/C11H7FINOS/c12-8-3-6(1-2-9(8)14)11(15)7-4-10(13)16-5-7/h1-5H,14H2. The number of thiophene rings is 1. The van der Waals surface area contributed by atoms with Crippen molar-refractivity contribution >= 4 is 45.4 Å². The van der Waals surface area contributed by atoms with Crippen LogP contribution in [0.5, 0.6) is 0 Å². The number of hydrogen-bond acceptors (Lipinski definition) is 3. The third-order valence-electron chi connectivity index (χ3n) is 2.09. The molecule has 0 bridgehead atoms. The molecule has 0 atom stereocenters. The molecule has 0 fully saturated rings. The van der Waals surface area contributed by atoms with Gasteiger partial charge in [0.1, 0.15) is 5.82 Å². The van der Waals surface area contributed by atoms with Crippen LogP contribution in [0.4, 0.5) is 10.1 Å². The fourth-order valence-electron chi connectivity index (χ4n) is 1.26. The Morgan fingerprint density at radius 3 is 2.62 bits per heavy atom. The second-order valence-corrected chi connectivity index (χ2v) is 6.01. The first-order valence-electron chi connectivity index (χ1n) is 4.41. The third kappa shape index (κ3) is 2.25. The lowest BCUT2D eigenvalue weighted by Crippen LogP contribution is -2.01. The van der Waals surface area contributed by atoms with Gasteiger partial charge in [0.15, 0.2) is 5.78 Å². The molecule has 0 aliphatic rings. The van der Waals surface area contributed by atoms with E-state index in [1.165, 1.54) is 29.5 Å². The Morgan fingerprint density at radius 1 is 1.31 bits per heavy atom. The van der Waals surface area contributed by atoms with Crippen LogP contribution in [0.15, 0.2) is 29.6 Å². The molecule has 1 heterocycles. The van der Waals surface area contributed by atoms with E-state index in [2.05, 4.69) is 22.6 Å². The highest BCUT2D eigenvalue weighted by atomic mass is 127. The zero-order valence-corrected chi connectivity index (χ0v) is 11.0. The number of rotatable bonds is 2. The van der Waals surface area contributed by atoms with Crippen LogP contribution in [0.25, 0.3) is 0 Å². The number of carbonyl (C=O) groups is 1. The van der Waals surface area contributed by atoms with Gasteiger partial charge in [0.25, 0.3) is 0 Å². The maximum Gasteiger partial charge on any atom is 0.194 e. The summed E-state index contributed by atoms with van der Waals surface area (Å²) >= 11 is 3.62.